The SMILES string of the molecule is CNC(=O)[C@H](F)CNC(=O)c1cnc(-n2ccc3cc(C#N)cnc32)cc1NC1CC1. The zero-order chi connectivity index (χ0) is 22.0. The number of nitriles is 1. The van der Waals surface area contributed by atoms with Gasteiger partial charge in [-0.25, -0.2) is 14.4 Å². The first-order chi connectivity index (χ1) is 15.0. The molecule has 1 aliphatic rings. The molecule has 0 spiro atoms. The zero-order valence-electron chi connectivity index (χ0n) is 16.7. The highest BCUT2D eigenvalue weighted by Gasteiger charge is 2.25. The molecule has 0 radical (unpaired) electrons. The highest BCUT2D eigenvalue weighted by Crippen LogP contribution is 2.28. The maximum Gasteiger partial charge on any atom is 0.256 e. The molecule has 3 aromatic heterocycles. The van der Waals surface area contributed by atoms with Crippen molar-refractivity contribution in [2.24, 2.45) is 0 Å². The topological polar surface area (TPSA) is 125 Å². The summed E-state index contributed by atoms with van der Waals surface area (Å²) in [5.74, 6) is -0.778. The van der Waals surface area contributed by atoms with Crippen LogP contribution in [-0.2, 0) is 4.79 Å². The number of hydrogen-bond acceptors (Lipinski definition) is 6. The molecule has 158 valence electrons. The summed E-state index contributed by atoms with van der Waals surface area (Å²) in [4.78, 5) is 32.7. The molecule has 3 N–H and O–H groups in total. The van der Waals surface area contributed by atoms with E-state index in [0.717, 1.165) is 18.2 Å². The summed E-state index contributed by atoms with van der Waals surface area (Å²) >= 11 is 0. The van der Waals surface area contributed by atoms with Gasteiger partial charge in [-0.2, -0.15) is 5.26 Å². The third kappa shape index (κ3) is 4.30. The minimum Gasteiger partial charge on any atom is -0.382 e. The van der Waals surface area contributed by atoms with Crippen LogP contribution in [0.3, 0.4) is 0 Å². The predicted molar refractivity (Wildman–Crippen MR) is 112 cm³/mol. The molecule has 31 heavy (non-hydrogen) atoms. The van der Waals surface area contributed by atoms with Crippen LogP contribution in [0.15, 0.2) is 36.8 Å². The molecule has 3 aromatic rings. The van der Waals surface area contributed by atoms with Gasteiger partial charge in [0.05, 0.1) is 23.4 Å². The molecule has 1 atom stereocenters. The van der Waals surface area contributed by atoms with Gasteiger partial charge < -0.3 is 16.0 Å². The second-order valence-electron chi connectivity index (χ2n) is 7.23. The molecule has 9 nitrogen and oxygen atoms in total. The molecule has 4 rings (SSSR count). The van der Waals surface area contributed by atoms with Crippen molar-refractivity contribution in [3.05, 3.63) is 47.9 Å². The highest BCUT2D eigenvalue weighted by molar-refractivity contribution is 6.00. The van der Waals surface area contributed by atoms with Crippen molar-refractivity contribution in [3.63, 3.8) is 0 Å². The van der Waals surface area contributed by atoms with E-state index in [1.54, 1.807) is 22.9 Å². The molecule has 3 heterocycles. The van der Waals surface area contributed by atoms with Gasteiger partial charge in [-0.1, -0.05) is 0 Å². The van der Waals surface area contributed by atoms with E-state index < -0.39 is 24.5 Å². The molecule has 0 aromatic carbocycles. The van der Waals surface area contributed by atoms with E-state index in [0.29, 0.717) is 22.7 Å². The second kappa shape index (κ2) is 8.39. The quantitative estimate of drug-likeness (QED) is 0.533. The van der Waals surface area contributed by atoms with Crippen LogP contribution >= 0.6 is 0 Å². The second-order valence-corrected chi connectivity index (χ2v) is 7.23. The minimum atomic E-state index is -1.84. The summed E-state index contributed by atoms with van der Waals surface area (Å²) in [6, 6.07) is 7.63. The van der Waals surface area contributed by atoms with Crippen molar-refractivity contribution >= 4 is 28.5 Å². The summed E-state index contributed by atoms with van der Waals surface area (Å²) in [5, 5.41) is 17.8. The Morgan fingerprint density at radius 3 is 2.84 bits per heavy atom. The van der Waals surface area contributed by atoms with Crippen LogP contribution in [0.5, 0.6) is 0 Å². The van der Waals surface area contributed by atoms with E-state index in [4.69, 9.17) is 5.26 Å². The normalized spacial score (nSPS) is 14.0. The van der Waals surface area contributed by atoms with Crippen molar-refractivity contribution in [2.45, 2.75) is 25.1 Å². The highest BCUT2D eigenvalue weighted by atomic mass is 19.1. The molecule has 0 unspecified atom stereocenters. The number of carbonyl (C=O) groups excluding carboxylic acids is 2. The number of fused-ring (bicyclic) bond motifs is 1. The Kier molecular flexibility index (Phi) is 5.49. The maximum absolute atomic E-state index is 13.8. The number of carbonyl (C=O) groups is 2. The van der Waals surface area contributed by atoms with Gasteiger partial charge in [0.1, 0.15) is 17.5 Å². The van der Waals surface area contributed by atoms with E-state index >= 15 is 0 Å². The van der Waals surface area contributed by atoms with Crippen LogP contribution in [0.2, 0.25) is 0 Å². The van der Waals surface area contributed by atoms with E-state index in [2.05, 4.69) is 32.0 Å². The Labute approximate surface area is 177 Å². The number of anilines is 1. The van der Waals surface area contributed by atoms with Gasteiger partial charge in [0.25, 0.3) is 11.8 Å². The van der Waals surface area contributed by atoms with Crippen molar-refractivity contribution in [2.75, 3.05) is 18.9 Å². The molecule has 0 bridgehead atoms. The van der Waals surface area contributed by atoms with Crippen molar-refractivity contribution < 1.29 is 14.0 Å². The maximum atomic E-state index is 13.8. The third-order valence-electron chi connectivity index (χ3n) is 4.95. The number of aromatic nitrogens is 3. The number of pyridine rings is 2. The fourth-order valence-electron chi connectivity index (χ4n) is 3.12. The number of amides is 2. The minimum absolute atomic E-state index is 0.260. The number of halogens is 1. The van der Waals surface area contributed by atoms with Gasteiger partial charge >= 0.3 is 0 Å². The Morgan fingerprint density at radius 2 is 2.13 bits per heavy atom. The largest absolute Gasteiger partial charge is 0.382 e. The standard InChI is InChI=1S/C21H20FN7O2/c1-24-21(31)16(22)11-27-20(30)15-10-25-18(7-17(15)28-14-2-3-14)29-5-4-13-6-12(8-23)9-26-19(13)29/h4-7,9-10,14,16H,2-3,11H2,1H3,(H,24,31)(H,25,28)(H,27,30)/t16-/m1/s1. The lowest BCUT2D eigenvalue weighted by atomic mass is 10.2. The molecule has 1 saturated carbocycles. The monoisotopic (exact) mass is 421 g/mol. The van der Waals surface area contributed by atoms with E-state index in [-0.39, 0.29) is 11.6 Å². The average Bonchev–Trinajstić information content (AvgIpc) is 3.51. The van der Waals surface area contributed by atoms with Crippen LogP contribution in [0.4, 0.5) is 10.1 Å². The summed E-state index contributed by atoms with van der Waals surface area (Å²) in [5.41, 5.74) is 1.92. The van der Waals surface area contributed by atoms with Gasteiger partial charge in [0.2, 0.25) is 0 Å². The molecular formula is C21H20FN7O2. The lowest BCUT2D eigenvalue weighted by Crippen LogP contribution is -2.39. The fraction of sp³-hybridized carbons (Fsp3) is 0.286. The fourth-order valence-corrected chi connectivity index (χ4v) is 3.12. The van der Waals surface area contributed by atoms with Gasteiger partial charge in [0.15, 0.2) is 6.17 Å². The predicted octanol–water partition coefficient (Wildman–Crippen LogP) is 1.68. The third-order valence-corrected chi connectivity index (χ3v) is 4.95. The first-order valence-corrected chi connectivity index (χ1v) is 9.78. The molecule has 10 heteroatoms. The molecule has 0 aliphatic heterocycles. The summed E-state index contributed by atoms with van der Waals surface area (Å²) < 4.78 is 15.5. The number of alkyl halides is 1. The van der Waals surface area contributed by atoms with Gasteiger partial charge in [-0.15, -0.1) is 0 Å². The lowest BCUT2D eigenvalue weighted by molar-refractivity contribution is -0.125. The molecule has 1 aliphatic carbocycles. The summed E-state index contributed by atoms with van der Waals surface area (Å²) in [6.45, 7) is -0.434. The van der Waals surface area contributed by atoms with Crippen molar-refractivity contribution in [1.29, 1.82) is 5.26 Å². The Balaban J connectivity index is 1.62. The van der Waals surface area contributed by atoms with Crippen LogP contribution < -0.4 is 16.0 Å². The summed E-state index contributed by atoms with van der Waals surface area (Å²) in [7, 11) is 1.33. The smallest absolute Gasteiger partial charge is 0.256 e. The Morgan fingerprint density at radius 1 is 1.32 bits per heavy atom. The number of nitrogens with one attached hydrogen (secondary N) is 3. The zero-order valence-corrected chi connectivity index (χ0v) is 16.7. The molecule has 1 fully saturated rings. The van der Waals surface area contributed by atoms with E-state index in [1.165, 1.54) is 19.4 Å². The summed E-state index contributed by atoms with van der Waals surface area (Å²) in [6.07, 6.45) is 4.84. The van der Waals surface area contributed by atoms with Crippen LogP contribution in [0.25, 0.3) is 16.9 Å². The molecule has 0 saturated heterocycles. The van der Waals surface area contributed by atoms with Crippen LogP contribution in [-0.4, -0.2) is 52.2 Å². The van der Waals surface area contributed by atoms with Gasteiger partial charge in [-0.3, -0.25) is 14.2 Å². The lowest BCUT2D eigenvalue weighted by Gasteiger charge is -2.14. The first kappa shape index (κ1) is 20.3. The molecular weight excluding hydrogens is 401 g/mol. The molecule has 2 amide bonds. The number of nitrogens with zero attached hydrogens (tertiary/aromatic N) is 4. The Hall–Kier alpha value is -4.00. The van der Waals surface area contributed by atoms with Crippen LogP contribution in [0.1, 0.15) is 28.8 Å². The number of hydrogen-bond donors (Lipinski definition) is 3. The van der Waals surface area contributed by atoms with Crippen molar-refractivity contribution in [3.8, 4) is 11.9 Å². The Bertz CT molecular complexity index is 1200. The van der Waals surface area contributed by atoms with E-state index in [1.807, 2.05) is 6.07 Å². The van der Waals surface area contributed by atoms with Crippen LogP contribution in [0, 0.1) is 11.3 Å². The first-order valence-electron chi connectivity index (χ1n) is 9.78. The van der Waals surface area contributed by atoms with E-state index in [9.17, 15) is 14.0 Å². The van der Waals surface area contributed by atoms with Gasteiger partial charge in [0, 0.05) is 43.1 Å². The average molecular weight is 421 g/mol. The number of rotatable bonds is 7. The van der Waals surface area contributed by atoms with Gasteiger partial charge in [-0.05, 0) is 25.0 Å². The van der Waals surface area contributed by atoms with Crippen molar-refractivity contribution in [1.82, 2.24) is 25.2 Å².